The van der Waals surface area contributed by atoms with Crippen molar-refractivity contribution in [2.45, 2.75) is 38.6 Å². The number of likely N-dealkylation sites (tertiary alicyclic amines) is 1. The maximum atomic E-state index is 12.7. The van der Waals surface area contributed by atoms with Crippen LogP contribution < -0.4 is 10.1 Å². The van der Waals surface area contributed by atoms with E-state index in [-0.39, 0.29) is 30.0 Å². The molecule has 7 nitrogen and oxygen atoms in total. The van der Waals surface area contributed by atoms with E-state index in [9.17, 15) is 4.79 Å². The van der Waals surface area contributed by atoms with Gasteiger partial charge in [0.2, 0.25) is 5.91 Å². The van der Waals surface area contributed by atoms with E-state index in [2.05, 4.69) is 39.2 Å². The summed E-state index contributed by atoms with van der Waals surface area (Å²) in [6.07, 6.45) is 4.37. The lowest BCUT2D eigenvalue weighted by Gasteiger charge is -2.39. The van der Waals surface area contributed by atoms with Crippen LogP contribution in [0.5, 0.6) is 5.75 Å². The summed E-state index contributed by atoms with van der Waals surface area (Å²) in [6, 6.07) is 8.24. The second-order valence-electron chi connectivity index (χ2n) is 8.16. The number of piperazine rings is 1. The summed E-state index contributed by atoms with van der Waals surface area (Å²) in [5.41, 5.74) is 1.32. The van der Waals surface area contributed by atoms with Gasteiger partial charge in [0.1, 0.15) is 5.75 Å². The Balaban J connectivity index is 0.00000341. The molecule has 1 N–H and O–H groups in total. The molecular weight excluding hydrogens is 505 g/mol. The van der Waals surface area contributed by atoms with Gasteiger partial charge < -0.3 is 19.9 Å². The van der Waals surface area contributed by atoms with E-state index in [0.29, 0.717) is 5.91 Å². The smallest absolute Gasteiger partial charge is 0.239 e. The van der Waals surface area contributed by atoms with E-state index >= 15 is 0 Å². The molecule has 2 heterocycles. The zero-order valence-corrected chi connectivity index (χ0v) is 21.5. The van der Waals surface area contributed by atoms with Crippen molar-refractivity contribution in [2.24, 2.45) is 4.99 Å². The van der Waals surface area contributed by atoms with Crippen molar-refractivity contribution in [1.29, 1.82) is 0 Å². The fraction of sp³-hybridized carbons (Fsp3) is 0.652. The van der Waals surface area contributed by atoms with Crippen LogP contribution in [0, 0.1) is 0 Å². The number of nitrogens with one attached hydrogen (secondary N) is 1. The van der Waals surface area contributed by atoms with Crippen molar-refractivity contribution in [2.75, 3.05) is 60.0 Å². The molecule has 174 valence electrons. The van der Waals surface area contributed by atoms with Crippen LogP contribution in [0.3, 0.4) is 0 Å². The third-order valence-corrected chi connectivity index (χ3v) is 6.23. The lowest BCUT2D eigenvalue weighted by molar-refractivity contribution is -0.135. The summed E-state index contributed by atoms with van der Waals surface area (Å²) in [6.45, 7) is 8.39. The van der Waals surface area contributed by atoms with Gasteiger partial charge in [-0.25, -0.2) is 0 Å². The number of guanidine groups is 1. The summed E-state index contributed by atoms with van der Waals surface area (Å²) in [7, 11) is 3.54. The molecule has 1 amide bonds. The molecule has 31 heavy (non-hydrogen) atoms. The Morgan fingerprint density at radius 1 is 1.06 bits per heavy atom. The lowest BCUT2D eigenvalue weighted by Crippen LogP contribution is -2.57. The highest BCUT2D eigenvalue weighted by Crippen LogP contribution is 2.14. The molecule has 2 aliphatic rings. The number of carbonyl (C=O) groups excluding carboxylic acids is 1. The first-order chi connectivity index (χ1) is 14.6. The number of aryl methyl sites for hydroxylation is 1. The highest BCUT2D eigenvalue weighted by Gasteiger charge is 2.30. The molecule has 8 heteroatoms. The van der Waals surface area contributed by atoms with Crippen molar-refractivity contribution in [3.63, 3.8) is 0 Å². The van der Waals surface area contributed by atoms with Crippen LogP contribution >= 0.6 is 24.0 Å². The molecule has 1 aromatic carbocycles. The molecule has 1 atom stereocenters. The minimum Gasteiger partial charge on any atom is -0.497 e. The van der Waals surface area contributed by atoms with Gasteiger partial charge in [-0.3, -0.25) is 14.7 Å². The minimum atomic E-state index is -0.0234. The van der Waals surface area contributed by atoms with Crippen LogP contribution in [0.1, 0.15) is 31.7 Å². The van der Waals surface area contributed by atoms with E-state index in [0.717, 1.165) is 83.2 Å². The minimum absolute atomic E-state index is 0. The Kier molecular flexibility index (Phi) is 10.9. The number of halogens is 1. The first-order valence-corrected chi connectivity index (χ1v) is 11.2. The molecule has 2 aliphatic heterocycles. The number of nitrogens with zero attached hydrogens (tertiary/aromatic N) is 4. The fourth-order valence-corrected chi connectivity index (χ4v) is 4.30. The number of carbonyl (C=O) groups is 1. The maximum Gasteiger partial charge on any atom is 0.239 e. The van der Waals surface area contributed by atoms with Gasteiger partial charge >= 0.3 is 0 Å². The van der Waals surface area contributed by atoms with E-state index in [1.165, 1.54) is 5.56 Å². The van der Waals surface area contributed by atoms with Crippen LogP contribution in [-0.4, -0.2) is 92.6 Å². The van der Waals surface area contributed by atoms with Crippen LogP contribution in [0.25, 0.3) is 0 Å². The van der Waals surface area contributed by atoms with E-state index < -0.39 is 0 Å². The molecule has 0 aliphatic carbocycles. The standard InChI is InChI=1S/C23H37N5O2.HI/c1-19(22(29)27-13-4-5-14-27)26-15-17-28(18-16-26)23(24-2)25-12-6-7-20-8-10-21(30-3)11-9-20;/h8-11,19H,4-7,12-18H2,1-3H3,(H,24,25);1H. The SMILES string of the molecule is CN=C(NCCCc1ccc(OC)cc1)N1CCN(C(C)C(=O)N2CCCC2)CC1.I. The van der Waals surface area contributed by atoms with Crippen LogP contribution in [0.4, 0.5) is 0 Å². The molecule has 0 spiro atoms. The normalized spacial score (nSPS) is 18.5. The van der Waals surface area contributed by atoms with E-state index in [1.54, 1.807) is 7.11 Å². The number of aliphatic imine (C=N–C) groups is 1. The average Bonchev–Trinajstić information content (AvgIpc) is 3.34. The third-order valence-electron chi connectivity index (χ3n) is 6.23. The van der Waals surface area contributed by atoms with Gasteiger partial charge in [-0.2, -0.15) is 0 Å². The van der Waals surface area contributed by atoms with Crippen molar-refractivity contribution in [3.05, 3.63) is 29.8 Å². The van der Waals surface area contributed by atoms with Crippen LogP contribution in [0.2, 0.25) is 0 Å². The number of rotatable bonds is 7. The summed E-state index contributed by atoms with van der Waals surface area (Å²) < 4.78 is 5.21. The van der Waals surface area contributed by atoms with Crippen LogP contribution in [-0.2, 0) is 11.2 Å². The second-order valence-corrected chi connectivity index (χ2v) is 8.16. The zero-order chi connectivity index (χ0) is 21.3. The molecule has 3 rings (SSSR count). The Morgan fingerprint density at radius 3 is 2.29 bits per heavy atom. The summed E-state index contributed by atoms with van der Waals surface area (Å²) >= 11 is 0. The van der Waals surface area contributed by atoms with E-state index in [4.69, 9.17) is 4.74 Å². The van der Waals surface area contributed by atoms with Crippen molar-refractivity contribution in [3.8, 4) is 5.75 Å². The largest absolute Gasteiger partial charge is 0.497 e. The highest BCUT2D eigenvalue weighted by atomic mass is 127. The monoisotopic (exact) mass is 543 g/mol. The first-order valence-electron chi connectivity index (χ1n) is 11.2. The number of methoxy groups -OCH3 is 1. The molecule has 1 aromatic rings. The topological polar surface area (TPSA) is 60.4 Å². The molecule has 0 bridgehead atoms. The van der Waals surface area contributed by atoms with Gasteiger partial charge in [0.05, 0.1) is 13.2 Å². The molecular formula is C23H38IN5O2. The Bertz CT molecular complexity index is 698. The fourth-order valence-electron chi connectivity index (χ4n) is 4.30. The van der Waals surface area contributed by atoms with Gasteiger partial charge in [-0.1, -0.05) is 12.1 Å². The first kappa shape index (κ1) is 25.7. The van der Waals surface area contributed by atoms with Gasteiger partial charge in [-0.15, -0.1) is 24.0 Å². The number of hydrogen-bond acceptors (Lipinski definition) is 4. The number of ether oxygens (including phenoxy) is 1. The number of amides is 1. The predicted octanol–water partition coefficient (Wildman–Crippen LogP) is 2.45. The summed E-state index contributed by atoms with van der Waals surface area (Å²) in [5, 5.41) is 3.50. The van der Waals surface area contributed by atoms with E-state index in [1.807, 2.05) is 24.1 Å². The highest BCUT2D eigenvalue weighted by molar-refractivity contribution is 14.0. The summed E-state index contributed by atoms with van der Waals surface area (Å²) in [5.74, 6) is 2.15. The molecule has 0 radical (unpaired) electrons. The van der Waals surface area contributed by atoms with Crippen molar-refractivity contribution >= 4 is 35.8 Å². The molecule has 2 fully saturated rings. The average molecular weight is 543 g/mol. The van der Waals surface area contributed by atoms with Gasteiger partial charge in [0, 0.05) is 52.9 Å². The molecule has 2 saturated heterocycles. The Morgan fingerprint density at radius 2 is 1.71 bits per heavy atom. The Hall–Kier alpha value is -1.55. The van der Waals surface area contributed by atoms with Gasteiger partial charge in [0.25, 0.3) is 0 Å². The lowest BCUT2D eigenvalue weighted by atomic mass is 10.1. The quantitative estimate of drug-likeness (QED) is 0.248. The molecule has 1 unspecified atom stereocenters. The number of benzene rings is 1. The maximum absolute atomic E-state index is 12.7. The second kappa shape index (κ2) is 13.1. The van der Waals surface area contributed by atoms with Gasteiger partial charge in [-0.05, 0) is 50.3 Å². The molecule has 0 aromatic heterocycles. The van der Waals surface area contributed by atoms with Crippen LogP contribution in [0.15, 0.2) is 29.3 Å². The molecule has 0 saturated carbocycles. The summed E-state index contributed by atoms with van der Waals surface area (Å²) in [4.78, 5) is 23.8. The third kappa shape index (κ3) is 7.24. The Labute approximate surface area is 204 Å². The predicted molar refractivity (Wildman–Crippen MR) is 137 cm³/mol. The van der Waals surface area contributed by atoms with Crippen molar-refractivity contribution in [1.82, 2.24) is 20.0 Å². The van der Waals surface area contributed by atoms with Crippen molar-refractivity contribution < 1.29 is 9.53 Å². The zero-order valence-electron chi connectivity index (χ0n) is 19.2. The number of hydrogen-bond donors (Lipinski definition) is 1. The van der Waals surface area contributed by atoms with Gasteiger partial charge in [0.15, 0.2) is 5.96 Å².